The summed E-state index contributed by atoms with van der Waals surface area (Å²) in [4.78, 5) is 13.2. The molecule has 2 aromatic heterocycles. The lowest BCUT2D eigenvalue weighted by atomic mass is 10.3. The molecule has 0 bridgehead atoms. The Balaban J connectivity index is 1.51. The summed E-state index contributed by atoms with van der Waals surface area (Å²) in [5.41, 5.74) is 2.73. The minimum atomic E-state index is 0.503. The van der Waals surface area contributed by atoms with Crippen LogP contribution in [0.5, 0.6) is 11.5 Å². The van der Waals surface area contributed by atoms with Gasteiger partial charge in [-0.15, -0.1) is 0 Å². The number of ether oxygens (including phenoxy) is 1. The van der Waals surface area contributed by atoms with Gasteiger partial charge in [0.25, 0.3) is 0 Å². The van der Waals surface area contributed by atoms with Crippen LogP contribution in [0.25, 0.3) is 0 Å². The average Bonchev–Trinajstić information content (AvgIpc) is 2.75. The minimum Gasteiger partial charge on any atom is -0.455 e. The van der Waals surface area contributed by atoms with Crippen molar-refractivity contribution in [2.45, 2.75) is 13.5 Å². The number of pyridine rings is 1. The summed E-state index contributed by atoms with van der Waals surface area (Å²) in [6, 6.07) is 23.2. The number of hydrogen-bond acceptors (Lipinski definition) is 6. The third kappa shape index (κ3) is 5.07. The number of aryl methyl sites for hydroxylation is 1. The second-order valence-corrected chi connectivity index (χ2v) is 6.47. The van der Waals surface area contributed by atoms with Crippen LogP contribution in [-0.2, 0) is 6.54 Å². The number of hydrogen-bond donors (Lipinski definition) is 2. The Labute approximate surface area is 169 Å². The van der Waals surface area contributed by atoms with Crippen LogP contribution in [0.4, 0.5) is 17.5 Å². The smallest absolute Gasteiger partial charge is 0.229 e. The lowest BCUT2D eigenvalue weighted by Crippen LogP contribution is -2.06. The minimum absolute atomic E-state index is 0.503. The quantitative estimate of drug-likeness (QED) is 0.449. The first-order valence-corrected chi connectivity index (χ1v) is 9.34. The van der Waals surface area contributed by atoms with Gasteiger partial charge in [-0.1, -0.05) is 36.4 Å². The summed E-state index contributed by atoms with van der Waals surface area (Å²) in [6.45, 7) is 2.58. The summed E-state index contributed by atoms with van der Waals surface area (Å²) < 4.78 is 6.01. The van der Waals surface area contributed by atoms with Crippen molar-refractivity contribution in [1.82, 2.24) is 15.0 Å². The highest BCUT2D eigenvalue weighted by Crippen LogP contribution is 2.30. The highest BCUT2D eigenvalue weighted by Gasteiger charge is 2.08. The lowest BCUT2D eigenvalue weighted by molar-refractivity contribution is 0.485. The van der Waals surface area contributed by atoms with Crippen molar-refractivity contribution in [1.29, 1.82) is 0 Å². The molecular formula is C23H21N5O. The zero-order valence-corrected chi connectivity index (χ0v) is 16.0. The molecule has 0 aliphatic rings. The van der Waals surface area contributed by atoms with Crippen molar-refractivity contribution >= 4 is 17.5 Å². The van der Waals surface area contributed by atoms with Crippen molar-refractivity contribution < 1.29 is 4.74 Å². The Morgan fingerprint density at radius 3 is 2.55 bits per heavy atom. The Morgan fingerprint density at radius 1 is 0.897 bits per heavy atom. The molecule has 4 aromatic rings. The molecule has 144 valence electrons. The topological polar surface area (TPSA) is 72.0 Å². The third-order valence-electron chi connectivity index (χ3n) is 4.16. The fourth-order valence-corrected chi connectivity index (χ4v) is 2.81. The van der Waals surface area contributed by atoms with Crippen LogP contribution < -0.4 is 15.4 Å². The van der Waals surface area contributed by atoms with Gasteiger partial charge in [0.1, 0.15) is 11.6 Å². The molecule has 0 unspecified atom stereocenters. The third-order valence-corrected chi connectivity index (χ3v) is 4.16. The number of nitrogens with zero attached hydrogens (tertiary/aromatic N) is 3. The summed E-state index contributed by atoms with van der Waals surface area (Å²) in [5, 5.41) is 6.59. The second kappa shape index (κ2) is 8.84. The molecule has 2 N–H and O–H groups in total. The van der Waals surface area contributed by atoms with Crippen molar-refractivity contribution in [2.75, 3.05) is 10.6 Å². The Hall–Kier alpha value is -3.93. The molecule has 29 heavy (non-hydrogen) atoms. The van der Waals surface area contributed by atoms with E-state index in [1.54, 1.807) is 6.20 Å². The van der Waals surface area contributed by atoms with E-state index in [4.69, 9.17) is 4.74 Å². The maximum Gasteiger partial charge on any atom is 0.229 e. The SMILES string of the molecule is Cc1cc(NCc2cccnc2)nc(Nc2ccccc2Oc2ccccc2)n1. The zero-order chi connectivity index (χ0) is 19.9. The van der Waals surface area contributed by atoms with Gasteiger partial charge in [0.2, 0.25) is 5.95 Å². The van der Waals surface area contributed by atoms with E-state index in [1.807, 2.05) is 85.9 Å². The first-order chi connectivity index (χ1) is 14.3. The molecule has 0 atom stereocenters. The number of nitrogens with one attached hydrogen (secondary N) is 2. The number of anilines is 3. The van der Waals surface area contributed by atoms with Gasteiger partial charge >= 0.3 is 0 Å². The van der Waals surface area contributed by atoms with Crippen LogP contribution in [0.2, 0.25) is 0 Å². The number of para-hydroxylation sites is 3. The maximum atomic E-state index is 6.01. The molecule has 6 heteroatoms. The Kier molecular flexibility index (Phi) is 5.62. The van der Waals surface area contributed by atoms with Gasteiger partial charge < -0.3 is 15.4 Å². The lowest BCUT2D eigenvalue weighted by Gasteiger charge is -2.13. The normalized spacial score (nSPS) is 10.4. The predicted octanol–water partition coefficient (Wildman–Crippen LogP) is 5.33. The van der Waals surface area contributed by atoms with E-state index in [1.165, 1.54) is 0 Å². The molecule has 0 saturated carbocycles. The van der Waals surface area contributed by atoms with Gasteiger partial charge in [-0.3, -0.25) is 4.98 Å². The summed E-state index contributed by atoms with van der Waals surface area (Å²) in [6.07, 6.45) is 3.59. The summed E-state index contributed by atoms with van der Waals surface area (Å²) in [7, 11) is 0. The zero-order valence-electron chi connectivity index (χ0n) is 16.0. The summed E-state index contributed by atoms with van der Waals surface area (Å²) >= 11 is 0. The van der Waals surface area contributed by atoms with Crippen molar-refractivity contribution in [2.24, 2.45) is 0 Å². The fraction of sp³-hybridized carbons (Fsp3) is 0.0870. The molecule has 0 amide bonds. The van der Waals surface area contributed by atoms with Gasteiger partial charge in [0.05, 0.1) is 5.69 Å². The number of rotatable bonds is 7. The van der Waals surface area contributed by atoms with Gasteiger partial charge in [0, 0.05) is 30.7 Å². The van der Waals surface area contributed by atoms with Crippen LogP contribution in [0.3, 0.4) is 0 Å². The fourth-order valence-electron chi connectivity index (χ4n) is 2.81. The van der Waals surface area contributed by atoms with Crippen LogP contribution in [0.15, 0.2) is 85.2 Å². The Morgan fingerprint density at radius 2 is 1.72 bits per heavy atom. The van der Waals surface area contributed by atoms with Crippen molar-refractivity contribution in [3.8, 4) is 11.5 Å². The molecule has 0 radical (unpaired) electrons. The largest absolute Gasteiger partial charge is 0.455 e. The van der Waals surface area contributed by atoms with E-state index in [0.29, 0.717) is 18.2 Å². The van der Waals surface area contributed by atoms with Crippen LogP contribution in [0, 0.1) is 6.92 Å². The first kappa shape index (κ1) is 18.4. The highest BCUT2D eigenvalue weighted by molar-refractivity contribution is 5.64. The van der Waals surface area contributed by atoms with E-state index in [2.05, 4.69) is 25.6 Å². The molecule has 0 aliphatic carbocycles. The Bertz CT molecular complexity index is 1070. The standard InChI is InChI=1S/C23H21N5O/c1-17-14-22(25-16-18-8-7-13-24-15-18)28-23(26-17)27-20-11-5-6-12-21(20)29-19-9-3-2-4-10-19/h2-15H,16H2,1H3,(H2,25,26,27,28). The van der Waals surface area contributed by atoms with E-state index >= 15 is 0 Å². The molecular weight excluding hydrogens is 362 g/mol. The van der Waals surface area contributed by atoms with E-state index in [9.17, 15) is 0 Å². The molecule has 6 nitrogen and oxygen atoms in total. The summed E-state index contributed by atoms with van der Waals surface area (Å²) in [5.74, 6) is 2.72. The average molecular weight is 383 g/mol. The van der Waals surface area contributed by atoms with Crippen LogP contribution in [-0.4, -0.2) is 15.0 Å². The molecule has 2 heterocycles. The van der Waals surface area contributed by atoms with Gasteiger partial charge in [-0.25, -0.2) is 4.98 Å². The van der Waals surface area contributed by atoms with E-state index < -0.39 is 0 Å². The van der Waals surface area contributed by atoms with Gasteiger partial charge in [-0.2, -0.15) is 4.98 Å². The highest BCUT2D eigenvalue weighted by atomic mass is 16.5. The molecule has 0 saturated heterocycles. The van der Waals surface area contributed by atoms with Crippen molar-refractivity contribution in [3.05, 3.63) is 96.4 Å². The van der Waals surface area contributed by atoms with Crippen LogP contribution in [0.1, 0.15) is 11.3 Å². The number of aromatic nitrogens is 3. The molecule has 0 fully saturated rings. The molecule has 2 aromatic carbocycles. The molecule has 0 spiro atoms. The monoisotopic (exact) mass is 383 g/mol. The molecule has 0 aliphatic heterocycles. The van der Waals surface area contributed by atoms with Crippen LogP contribution >= 0.6 is 0 Å². The maximum absolute atomic E-state index is 6.01. The van der Waals surface area contributed by atoms with Gasteiger partial charge in [0.15, 0.2) is 5.75 Å². The predicted molar refractivity (Wildman–Crippen MR) is 115 cm³/mol. The van der Waals surface area contributed by atoms with E-state index in [0.717, 1.165) is 28.5 Å². The van der Waals surface area contributed by atoms with E-state index in [-0.39, 0.29) is 0 Å². The number of benzene rings is 2. The molecule has 4 rings (SSSR count). The van der Waals surface area contributed by atoms with Crippen molar-refractivity contribution in [3.63, 3.8) is 0 Å². The first-order valence-electron chi connectivity index (χ1n) is 9.34. The van der Waals surface area contributed by atoms with Gasteiger partial charge in [-0.05, 0) is 42.8 Å². The second-order valence-electron chi connectivity index (χ2n) is 6.47.